The van der Waals surface area contributed by atoms with Crippen molar-refractivity contribution in [2.45, 2.75) is 35.7 Å². The van der Waals surface area contributed by atoms with Crippen LogP contribution in [-0.4, -0.2) is 33.8 Å². The van der Waals surface area contributed by atoms with Crippen LogP contribution in [-0.2, 0) is 19.1 Å². The second-order valence-electron chi connectivity index (χ2n) is 3.54. The molecule has 0 saturated heterocycles. The predicted molar refractivity (Wildman–Crippen MR) is 73.5 cm³/mol. The number of hydrogen-bond donors (Lipinski definition) is 0. The molecule has 17 heavy (non-hydrogen) atoms. The van der Waals surface area contributed by atoms with Crippen LogP contribution in [0.2, 0.25) is 0 Å². The van der Waals surface area contributed by atoms with E-state index in [2.05, 4.69) is 47.8 Å². The first-order chi connectivity index (χ1) is 7.82. The number of carbonyl (C=O) groups is 2. The van der Waals surface area contributed by atoms with Crippen molar-refractivity contribution in [3.05, 3.63) is 10.6 Å². The first-order valence-corrected chi connectivity index (χ1v) is 7.45. The Morgan fingerprint density at radius 3 is 2.12 bits per heavy atom. The Morgan fingerprint density at radius 1 is 1.12 bits per heavy atom. The molecule has 0 radical (unpaired) electrons. The largest absolute Gasteiger partial charge is 0.457 e. The average molecular weight is 435 g/mol. The quantitative estimate of drug-likeness (QED) is 0.495. The highest BCUT2D eigenvalue weighted by atomic mass is 79.9. The van der Waals surface area contributed by atoms with E-state index in [0.717, 1.165) is 0 Å². The Kier molecular flexibility index (Phi) is 5.66. The second-order valence-corrected chi connectivity index (χ2v) is 6.57. The van der Waals surface area contributed by atoms with E-state index in [1.165, 1.54) is 13.8 Å². The maximum absolute atomic E-state index is 11.0. The third kappa shape index (κ3) is 4.06. The smallest absolute Gasteiger partial charge is 0.303 e. The standard InChI is InChI=1S/C10H11Br3O4/c1-4(14)16-7-3-6(11)10(17-5(2)15)9(13)8(7)12/h3,7-10H,1-2H3/t7-,8+,9-,10-/m1/s1. The minimum Gasteiger partial charge on any atom is -0.457 e. The minimum atomic E-state index is -0.427. The van der Waals surface area contributed by atoms with Gasteiger partial charge in [0.15, 0.2) is 0 Å². The van der Waals surface area contributed by atoms with Gasteiger partial charge in [0.2, 0.25) is 0 Å². The minimum absolute atomic E-state index is 0.169. The van der Waals surface area contributed by atoms with Crippen molar-refractivity contribution in [2.24, 2.45) is 0 Å². The molecule has 0 bridgehead atoms. The first kappa shape index (κ1) is 15.2. The molecule has 0 aliphatic heterocycles. The fraction of sp³-hybridized carbons (Fsp3) is 0.600. The Hall–Kier alpha value is 0.120. The lowest BCUT2D eigenvalue weighted by atomic mass is 10.0. The normalized spacial score (nSPS) is 32.6. The predicted octanol–water partition coefficient (Wildman–Crippen LogP) is 2.67. The molecular formula is C10H11Br3O4. The summed E-state index contributed by atoms with van der Waals surface area (Å²) < 4.78 is 11.0. The van der Waals surface area contributed by atoms with Gasteiger partial charge in [0.05, 0.1) is 9.65 Å². The highest BCUT2D eigenvalue weighted by molar-refractivity contribution is 9.12. The first-order valence-electron chi connectivity index (χ1n) is 4.82. The van der Waals surface area contributed by atoms with Crippen molar-refractivity contribution in [2.75, 3.05) is 0 Å². The monoisotopic (exact) mass is 432 g/mol. The van der Waals surface area contributed by atoms with Gasteiger partial charge in [0, 0.05) is 18.3 Å². The number of esters is 2. The topological polar surface area (TPSA) is 52.6 Å². The van der Waals surface area contributed by atoms with Gasteiger partial charge in [0.25, 0.3) is 0 Å². The van der Waals surface area contributed by atoms with E-state index in [9.17, 15) is 9.59 Å². The molecule has 0 fully saturated rings. The van der Waals surface area contributed by atoms with E-state index in [1.807, 2.05) is 0 Å². The molecule has 1 aliphatic rings. The zero-order chi connectivity index (χ0) is 13.2. The summed E-state index contributed by atoms with van der Waals surface area (Å²) in [6.07, 6.45) is 0.883. The van der Waals surface area contributed by atoms with E-state index in [1.54, 1.807) is 6.08 Å². The fourth-order valence-electron chi connectivity index (χ4n) is 1.43. The maximum Gasteiger partial charge on any atom is 0.303 e. The molecule has 4 atom stereocenters. The molecular weight excluding hydrogens is 424 g/mol. The van der Waals surface area contributed by atoms with Crippen LogP contribution in [0.4, 0.5) is 0 Å². The summed E-state index contributed by atoms with van der Waals surface area (Å²) in [5.74, 6) is -0.725. The van der Waals surface area contributed by atoms with Crippen LogP contribution in [0.5, 0.6) is 0 Å². The Labute approximate surface area is 124 Å². The lowest BCUT2D eigenvalue weighted by Gasteiger charge is -2.34. The van der Waals surface area contributed by atoms with Gasteiger partial charge in [-0.25, -0.2) is 0 Å². The van der Waals surface area contributed by atoms with Gasteiger partial charge in [-0.2, -0.15) is 0 Å². The lowest BCUT2D eigenvalue weighted by molar-refractivity contribution is -0.148. The molecule has 96 valence electrons. The van der Waals surface area contributed by atoms with Crippen molar-refractivity contribution < 1.29 is 19.1 Å². The molecule has 0 spiro atoms. The third-order valence-electron chi connectivity index (χ3n) is 2.10. The van der Waals surface area contributed by atoms with Gasteiger partial charge in [-0.1, -0.05) is 47.8 Å². The van der Waals surface area contributed by atoms with Gasteiger partial charge in [-0.05, 0) is 6.08 Å². The molecule has 7 heteroatoms. The number of carbonyl (C=O) groups excluding carboxylic acids is 2. The zero-order valence-electron chi connectivity index (χ0n) is 9.15. The lowest BCUT2D eigenvalue weighted by Crippen LogP contribution is -2.44. The van der Waals surface area contributed by atoms with Crippen molar-refractivity contribution in [1.29, 1.82) is 0 Å². The fourth-order valence-corrected chi connectivity index (χ4v) is 3.66. The molecule has 0 unspecified atom stereocenters. The van der Waals surface area contributed by atoms with E-state index < -0.39 is 12.2 Å². The molecule has 0 N–H and O–H groups in total. The van der Waals surface area contributed by atoms with Gasteiger partial charge < -0.3 is 9.47 Å². The van der Waals surface area contributed by atoms with Crippen molar-refractivity contribution in [3.63, 3.8) is 0 Å². The van der Waals surface area contributed by atoms with Crippen molar-refractivity contribution >= 4 is 59.7 Å². The van der Waals surface area contributed by atoms with Crippen LogP contribution in [0.1, 0.15) is 13.8 Å². The molecule has 0 aromatic carbocycles. The van der Waals surface area contributed by atoms with Crippen LogP contribution < -0.4 is 0 Å². The van der Waals surface area contributed by atoms with E-state index in [-0.39, 0.29) is 21.6 Å². The Balaban J connectivity index is 2.87. The van der Waals surface area contributed by atoms with E-state index >= 15 is 0 Å². The third-order valence-corrected chi connectivity index (χ3v) is 5.66. The molecule has 4 nitrogen and oxygen atoms in total. The zero-order valence-corrected chi connectivity index (χ0v) is 13.9. The number of rotatable bonds is 2. The highest BCUT2D eigenvalue weighted by Crippen LogP contribution is 2.36. The Bertz CT molecular complexity index is 355. The number of alkyl halides is 2. The summed E-state index contributed by atoms with van der Waals surface area (Å²) in [5.41, 5.74) is 0. The van der Waals surface area contributed by atoms with Crippen molar-refractivity contribution in [1.82, 2.24) is 0 Å². The average Bonchev–Trinajstić information content (AvgIpc) is 2.20. The molecule has 0 aromatic rings. The summed E-state index contributed by atoms with van der Waals surface area (Å²) >= 11 is 10.2. The number of ether oxygens (including phenoxy) is 2. The van der Waals surface area contributed by atoms with Crippen molar-refractivity contribution in [3.8, 4) is 0 Å². The van der Waals surface area contributed by atoms with Gasteiger partial charge >= 0.3 is 11.9 Å². The summed E-state index contributed by atoms with van der Waals surface area (Å²) in [7, 11) is 0. The van der Waals surface area contributed by atoms with E-state index in [4.69, 9.17) is 9.47 Å². The van der Waals surface area contributed by atoms with Crippen LogP contribution in [0, 0.1) is 0 Å². The maximum atomic E-state index is 11.0. The molecule has 0 heterocycles. The molecule has 0 saturated carbocycles. The number of halogens is 3. The molecule has 0 amide bonds. The summed E-state index contributed by atoms with van der Waals surface area (Å²) in [4.78, 5) is 21.6. The molecule has 1 rings (SSSR count). The molecule has 0 aromatic heterocycles. The highest BCUT2D eigenvalue weighted by Gasteiger charge is 2.40. The van der Waals surface area contributed by atoms with Crippen LogP contribution in [0.3, 0.4) is 0 Å². The van der Waals surface area contributed by atoms with E-state index in [0.29, 0.717) is 4.48 Å². The van der Waals surface area contributed by atoms with Gasteiger partial charge in [-0.15, -0.1) is 0 Å². The van der Waals surface area contributed by atoms with Crippen LogP contribution >= 0.6 is 47.8 Å². The van der Waals surface area contributed by atoms with Crippen LogP contribution in [0.15, 0.2) is 10.6 Å². The molecule has 1 aliphatic carbocycles. The summed E-state index contributed by atoms with van der Waals surface area (Å²) in [5, 5.41) is 0. The second kappa shape index (κ2) is 6.33. The van der Waals surface area contributed by atoms with Gasteiger partial charge in [-0.3, -0.25) is 9.59 Å². The summed E-state index contributed by atoms with van der Waals surface area (Å²) in [6, 6.07) is 0. The summed E-state index contributed by atoms with van der Waals surface area (Å²) in [6.45, 7) is 2.70. The van der Waals surface area contributed by atoms with Crippen LogP contribution in [0.25, 0.3) is 0 Å². The number of hydrogen-bond acceptors (Lipinski definition) is 4. The SMILES string of the molecule is CC(=O)O[C@@H]1C(Br)=C[C@@H](OC(C)=O)[C@H](Br)[C@H]1Br. The Morgan fingerprint density at radius 2 is 1.65 bits per heavy atom. The van der Waals surface area contributed by atoms with Gasteiger partial charge in [0.1, 0.15) is 12.2 Å².